The molecule has 5 nitrogen and oxygen atoms in total. The summed E-state index contributed by atoms with van der Waals surface area (Å²) in [6, 6.07) is -0.128. The third kappa shape index (κ3) is 11.6. The van der Waals surface area contributed by atoms with Crippen LogP contribution in [0.5, 0.6) is 0 Å². The second-order valence-electron chi connectivity index (χ2n) is 8.85. The Bertz CT molecular complexity index is 360. The molecule has 6 heteroatoms. The highest BCUT2D eigenvalue weighted by atomic mass is 28.3. The fourth-order valence-corrected chi connectivity index (χ4v) is 3.02. The highest BCUT2D eigenvalue weighted by Gasteiger charge is 2.31. The third-order valence-corrected chi connectivity index (χ3v) is 3.89. The SMILES string of the molecule is C[C@@H](N)CN(C(=O)OC(C)(C)C)C(CCC(C)(C)C)O[SiH](C)C. The molecule has 1 amide bonds. The maximum Gasteiger partial charge on any atom is 0.412 e. The summed E-state index contributed by atoms with van der Waals surface area (Å²) in [6.45, 7) is 18.8. The zero-order valence-electron chi connectivity index (χ0n) is 16.6. The van der Waals surface area contributed by atoms with E-state index >= 15 is 0 Å². The van der Waals surface area contributed by atoms with Gasteiger partial charge in [0.05, 0.1) is 0 Å². The van der Waals surface area contributed by atoms with Gasteiger partial charge in [-0.25, -0.2) is 4.79 Å². The topological polar surface area (TPSA) is 64.8 Å². The van der Waals surface area contributed by atoms with Crippen LogP contribution in [0.2, 0.25) is 13.1 Å². The van der Waals surface area contributed by atoms with Crippen LogP contribution >= 0.6 is 0 Å². The zero-order valence-corrected chi connectivity index (χ0v) is 17.8. The molecule has 0 aromatic heterocycles. The Balaban J connectivity index is 5.23. The number of nitrogens with two attached hydrogens (primary N) is 1. The molecule has 2 N–H and O–H groups in total. The molecular formula is C17H38N2O3Si. The number of hydrogen-bond acceptors (Lipinski definition) is 4. The lowest BCUT2D eigenvalue weighted by Crippen LogP contribution is -2.50. The number of rotatable bonds is 7. The van der Waals surface area contributed by atoms with E-state index in [4.69, 9.17) is 14.9 Å². The maximum absolute atomic E-state index is 12.6. The van der Waals surface area contributed by atoms with Gasteiger partial charge in [0.1, 0.15) is 11.8 Å². The lowest BCUT2D eigenvalue weighted by molar-refractivity contribution is -0.0283. The van der Waals surface area contributed by atoms with E-state index in [1.165, 1.54) is 0 Å². The Morgan fingerprint density at radius 1 is 1.17 bits per heavy atom. The molecule has 0 aliphatic heterocycles. The van der Waals surface area contributed by atoms with Crippen molar-refractivity contribution in [2.45, 2.75) is 92.3 Å². The average molecular weight is 347 g/mol. The predicted molar refractivity (Wildman–Crippen MR) is 99.0 cm³/mol. The Labute approximate surface area is 144 Å². The summed E-state index contributed by atoms with van der Waals surface area (Å²) < 4.78 is 11.7. The number of ether oxygens (including phenoxy) is 1. The van der Waals surface area contributed by atoms with Crippen LogP contribution < -0.4 is 5.73 Å². The first kappa shape index (κ1) is 22.4. The van der Waals surface area contributed by atoms with Crippen molar-refractivity contribution in [3.8, 4) is 0 Å². The van der Waals surface area contributed by atoms with E-state index in [9.17, 15) is 4.79 Å². The van der Waals surface area contributed by atoms with Gasteiger partial charge in [-0.05, 0) is 59.0 Å². The average Bonchev–Trinajstić information content (AvgIpc) is 2.27. The first-order valence-corrected chi connectivity index (χ1v) is 11.4. The van der Waals surface area contributed by atoms with E-state index in [0.717, 1.165) is 12.8 Å². The van der Waals surface area contributed by atoms with Gasteiger partial charge in [-0.1, -0.05) is 20.8 Å². The number of nitrogens with zero attached hydrogens (tertiary/aromatic N) is 1. The molecule has 0 radical (unpaired) electrons. The minimum absolute atomic E-state index is 0.128. The fraction of sp³-hybridized carbons (Fsp3) is 0.941. The van der Waals surface area contributed by atoms with Gasteiger partial charge in [0.2, 0.25) is 0 Å². The standard InChI is InChI=1S/C17H38N2O3Si/c1-13(18)12-19(15(20)21-17(5,6)7)14(22-23(8)9)10-11-16(2,3)4/h13-14,23H,10-12,18H2,1-9H3/t13-,14?/m1/s1. The molecule has 2 atom stereocenters. The number of carbonyl (C=O) groups excluding carboxylic acids is 1. The van der Waals surface area contributed by atoms with Crippen LogP contribution in [0.25, 0.3) is 0 Å². The van der Waals surface area contributed by atoms with E-state index < -0.39 is 14.6 Å². The summed E-state index contributed by atoms with van der Waals surface area (Å²) in [6.07, 6.45) is 1.16. The maximum atomic E-state index is 12.6. The van der Waals surface area contributed by atoms with Crippen molar-refractivity contribution >= 4 is 15.1 Å². The van der Waals surface area contributed by atoms with Crippen molar-refractivity contribution in [2.75, 3.05) is 6.54 Å². The molecule has 0 fully saturated rings. The highest BCUT2D eigenvalue weighted by molar-refractivity contribution is 6.48. The Morgan fingerprint density at radius 3 is 2.04 bits per heavy atom. The van der Waals surface area contributed by atoms with Crippen LogP contribution in [-0.2, 0) is 9.16 Å². The first-order chi connectivity index (χ1) is 10.2. The largest absolute Gasteiger partial charge is 0.444 e. The molecule has 0 aromatic rings. The zero-order chi connectivity index (χ0) is 18.4. The monoisotopic (exact) mass is 346 g/mol. The molecule has 0 rings (SSSR count). The summed E-state index contributed by atoms with van der Waals surface area (Å²) in [7, 11) is -1.30. The number of hydrogen-bond donors (Lipinski definition) is 1. The van der Waals surface area contributed by atoms with Crippen LogP contribution in [0.1, 0.15) is 61.3 Å². The molecule has 0 bridgehead atoms. The quantitative estimate of drug-likeness (QED) is 0.563. The molecule has 0 saturated heterocycles. The van der Waals surface area contributed by atoms with Crippen molar-refractivity contribution < 1.29 is 14.0 Å². The van der Waals surface area contributed by atoms with Gasteiger partial charge in [-0.3, -0.25) is 4.90 Å². The smallest absolute Gasteiger partial charge is 0.412 e. The molecule has 0 aliphatic rings. The Morgan fingerprint density at radius 2 is 1.70 bits per heavy atom. The summed E-state index contributed by atoms with van der Waals surface area (Å²) in [5.41, 5.74) is 5.61. The lowest BCUT2D eigenvalue weighted by atomic mass is 9.90. The van der Waals surface area contributed by atoms with Crippen molar-refractivity contribution in [2.24, 2.45) is 11.1 Å². The van der Waals surface area contributed by atoms with Crippen LogP contribution in [0.3, 0.4) is 0 Å². The summed E-state index contributed by atoms with van der Waals surface area (Å²) in [5.74, 6) is 0. The molecular weight excluding hydrogens is 308 g/mol. The van der Waals surface area contributed by atoms with Crippen molar-refractivity contribution in [3.05, 3.63) is 0 Å². The molecule has 0 aromatic carbocycles. The van der Waals surface area contributed by atoms with E-state index in [1.807, 2.05) is 27.7 Å². The Hall–Kier alpha value is -0.593. The van der Waals surface area contributed by atoms with Gasteiger partial charge in [-0.15, -0.1) is 0 Å². The number of carbonyl (C=O) groups is 1. The minimum Gasteiger partial charge on any atom is -0.444 e. The van der Waals surface area contributed by atoms with E-state index in [2.05, 4.69) is 33.9 Å². The molecule has 138 valence electrons. The van der Waals surface area contributed by atoms with Crippen LogP contribution in [0.15, 0.2) is 0 Å². The van der Waals surface area contributed by atoms with E-state index in [1.54, 1.807) is 4.90 Å². The van der Waals surface area contributed by atoms with Gasteiger partial charge in [0.25, 0.3) is 0 Å². The summed E-state index contributed by atoms with van der Waals surface area (Å²) in [4.78, 5) is 14.3. The minimum atomic E-state index is -1.30. The van der Waals surface area contributed by atoms with Crippen molar-refractivity contribution in [1.29, 1.82) is 0 Å². The third-order valence-electron chi connectivity index (χ3n) is 3.03. The van der Waals surface area contributed by atoms with Gasteiger partial charge < -0.3 is 14.9 Å². The van der Waals surface area contributed by atoms with E-state index in [-0.39, 0.29) is 23.8 Å². The van der Waals surface area contributed by atoms with Crippen molar-refractivity contribution in [1.82, 2.24) is 4.90 Å². The molecule has 23 heavy (non-hydrogen) atoms. The van der Waals surface area contributed by atoms with Crippen LogP contribution in [-0.4, -0.2) is 44.4 Å². The summed E-state index contributed by atoms with van der Waals surface area (Å²) in [5, 5.41) is 0. The van der Waals surface area contributed by atoms with Gasteiger partial charge >= 0.3 is 6.09 Å². The highest BCUT2D eigenvalue weighted by Crippen LogP contribution is 2.25. The molecule has 1 unspecified atom stereocenters. The second-order valence-corrected chi connectivity index (χ2v) is 11.2. The molecule has 0 spiro atoms. The van der Waals surface area contributed by atoms with Crippen LogP contribution in [0.4, 0.5) is 4.79 Å². The molecule has 0 heterocycles. The van der Waals surface area contributed by atoms with Gasteiger partial charge in [0, 0.05) is 12.6 Å². The fourth-order valence-electron chi connectivity index (χ4n) is 2.11. The van der Waals surface area contributed by atoms with Crippen LogP contribution in [0, 0.1) is 5.41 Å². The summed E-state index contributed by atoms with van der Waals surface area (Å²) >= 11 is 0. The van der Waals surface area contributed by atoms with Crippen molar-refractivity contribution in [3.63, 3.8) is 0 Å². The molecule has 0 saturated carbocycles. The first-order valence-electron chi connectivity index (χ1n) is 8.62. The number of amides is 1. The predicted octanol–water partition coefficient (Wildman–Crippen LogP) is 3.72. The van der Waals surface area contributed by atoms with Gasteiger partial charge in [-0.2, -0.15) is 0 Å². The molecule has 0 aliphatic carbocycles. The Kier molecular flexibility index (Phi) is 8.80. The normalized spacial score (nSPS) is 15.4. The van der Waals surface area contributed by atoms with E-state index in [0.29, 0.717) is 6.54 Å². The lowest BCUT2D eigenvalue weighted by Gasteiger charge is -2.36. The second kappa shape index (κ2) is 9.04. The van der Waals surface area contributed by atoms with Gasteiger partial charge in [0.15, 0.2) is 9.04 Å².